The van der Waals surface area contributed by atoms with E-state index >= 15 is 0 Å². The number of imidazole rings is 1. The Morgan fingerprint density at radius 1 is 1.12 bits per heavy atom. The van der Waals surface area contributed by atoms with Crippen molar-refractivity contribution in [2.45, 2.75) is 19.6 Å². The second-order valence-electron chi connectivity index (χ2n) is 8.25. The number of pyridine rings is 1. The highest BCUT2D eigenvalue weighted by atomic mass is 35.5. The predicted molar refractivity (Wildman–Crippen MR) is 134 cm³/mol. The van der Waals surface area contributed by atoms with Gasteiger partial charge in [-0.2, -0.15) is 0 Å². The summed E-state index contributed by atoms with van der Waals surface area (Å²) in [5, 5.41) is 13.6. The van der Waals surface area contributed by atoms with Crippen LogP contribution in [0.2, 0.25) is 5.02 Å². The minimum atomic E-state index is -1.49. The molecule has 0 aliphatic heterocycles. The van der Waals surface area contributed by atoms with E-state index in [4.69, 9.17) is 21.3 Å². The van der Waals surface area contributed by atoms with E-state index in [9.17, 15) is 5.11 Å². The van der Waals surface area contributed by atoms with Gasteiger partial charge < -0.3 is 14.4 Å². The van der Waals surface area contributed by atoms with Gasteiger partial charge >= 0.3 is 5.72 Å². The molecule has 5 aromatic rings. The third-order valence-corrected chi connectivity index (χ3v) is 7.52. The highest BCUT2D eigenvalue weighted by Crippen LogP contribution is 2.41. The van der Waals surface area contributed by atoms with Gasteiger partial charge in [-0.05, 0) is 30.7 Å². The molecule has 0 aliphatic carbocycles. The van der Waals surface area contributed by atoms with Gasteiger partial charge in [0.15, 0.2) is 5.69 Å². The minimum absolute atomic E-state index is 0.456. The van der Waals surface area contributed by atoms with Crippen molar-refractivity contribution in [3.63, 3.8) is 0 Å². The maximum atomic E-state index is 12.4. The highest BCUT2D eigenvalue weighted by Gasteiger charge is 2.48. The highest BCUT2D eigenvalue weighted by molar-refractivity contribution is 7.01. The molecule has 0 radical (unpaired) electrons. The molecule has 34 heavy (non-hydrogen) atoms. The lowest BCUT2D eigenvalue weighted by molar-refractivity contribution is -0.732. The Bertz CT molecular complexity index is 1510. The fraction of sp³-hybridized carbons (Fsp3) is 0.192. The number of aromatic nitrogens is 4. The van der Waals surface area contributed by atoms with Gasteiger partial charge in [-0.1, -0.05) is 45.9 Å². The quantitative estimate of drug-likeness (QED) is 0.351. The normalized spacial score (nSPS) is 13.2. The summed E-state index contributed by atoms with van der Waals surface area (Å²) in [6, 6.07) is 17.5. The van der Waals surface area contributed by atoms with Crippen molar-refractivity contribution < 1.29 is 13.8 Å². The zero-order chi connectivity index (χ0) is 24.0. The van der Waals surface area contributed by atoms with E-state index in [-0.39, 0.29) is 0 Å². The summed E-state index contributed by atoms with van der Waals surface area (Å²) in [5.74, 6) is 0.456. The summed E-state index contributed by atoms with van der Waals surface area (Å²) >= 11 is 8.49. The van der Waals surface area contributed by atoms with E-state index in [0.717, 1.165) is 21.5 Å². The maximum absolute atomic E-state index is 12.4. The molecule has 1 atom stereocenters. The van der Waals surface area contributed by atoms with Crippen molar-refractivity contribution in [1.82, 2.24) is 14.5 Å². The molecule has 1 unspecified atom stereocenters. The van der Waals surface area contributed by atoms with Gasteiger partial charge in [0.1, 0.15) is 17.2 Å². The summed E-state index contributed by atoms with van der Waals surface area (Å²) in [5.41, 5.74) is 3.06. The Labute approximate surface area is 206 Å². The van der Waals surface area contributed by atoms with Crippen LogP contribution in [0.1, 0.15) is 21.8 Å². The monoisotopic (exact) mass is 491 g/mol. The third-order valence-electron chi connectivity index (χ3n) is 5.98. The lowest BCUT2D eigenvalue weighted by atomic mass is 9.96. The molecule has 0 fully saturated rings. The average Bonchev–Trinajstić information content (AvgIpc) is 3.43. The van der Waals surface area contributed by atoms with Crippen LogP contribution in [0.5, 0.6) is 5.88 Å². The molecule has 0 saturated heterocycles. The first-order chi connectivity index (χ1) is 16.3. The van der Waals surface area contributed by atoms with Crippen molar-refractivity contribution in [1.29, 1.82) is 0 Å². The van der Waals surface area contributed by atoms with E-state index in [1.54, 1.807) is 19.6 Å². The summed E-state index contributed by atoms with van der Waals surface area (Å²) in [6.45, 7) is 4.01. The fourth-order valence-electron chi connectivity index (χ4n) is 4.40. The molecule has 2 aromatic carbocycles. The van der Waals surface area contributed by atoms with Gasteiger partial charge in [0.2, 0.25) is 5.88 Å². The molecule has 1 N–H and O–H groups in total. The van der Waals surface area contributed by atoms with Crippen molar-refractivity contribution in [2.24, 2.45) is 7.05 Å². The molecule has 0 bridgehead atoms. The van der Waals surface area contributed by atoms with Gasteiger partial charge in [-0.25, -0.2) is 9.97 Å². The first kappa shape index (κ1) is 22.5. The number of rotatable bonds is 5. The number of fused-ring (bicyclic) bond motifs is 1. The van der Waals surface area contributed by atoms with Crippen LogP contribution in [-0.4, -0.2) is 26.8 Å². The smallest absolute Gasteiger partial charge is 0.353 e. The number of benzene rings is 2. The van der Waals surface area contributed by atoms with Gasteiger partial charge in [-0.15, -0.1) is 0 Å². The van der Waals surface area contributed by atoms with Gasteiger partial charge in [0.05, 0.1) is 46.2 Å². The Kier molecular flexibility index (Phi) is 5.64. The zero-order valence-electron chi connectivity index (χ0n) is 19.3. The number of hydrogen-bond acceptors (Lipinski definition) is 5. The number of halogens is 1. The molecule has 3 heterocycles. The summed E-state index contributed by atoms with van der Waals surface area (Å²) in [4.78, 5) is 10.1. The van der Waals surface area contributed by atoms with Gasteiger partial charge in [0.25, 0.3) is 0 Å². The van der Waals surface area contributed by atoms with E-state index in [2.05, 4.69) is 11.1 Å². The van der Waals surface area contributed by atoms with Crippen LogP contribution in [0.4, 0.5) is 0 Å². The Morgan fingerprint density at radius 2 is 1.88 bits per heavy atom. The second-order valence-corrected chi connectivity index (χ2v) is 9.82. The number of nitrogens with zero attached hydrogens (tertiary/aromatic N) is 4. The van der Waals surface area contributed by atoms with Crippen LogP contribution < -0.4 is 8.69 Å². The van der Waals surface area contributed by atoms with Gasteiger partial charge in [-0.3, -0.25) is 0 Å². The number of methoxy groups -OCH3 is 1. The molecule has 0 aliphatic rings. The summed E-state index contributed by atoms with van der Waals surface area (Å²) < 4.78 is 9.32. The number of aliphatic hydroxyl groups is 1. The average molecular weight is 492 g/mol. The standard InChI is InChI=1S/C26H24ClN4O2S/c1-16-12-17(2)34-31(16)26(32,22-14-28-15-30(22)3)19-10-11-21-20(13-19)24(27)23(25(29-21)33-4)18-8-6-5-7-9-18/h5-15,32H,1-4H3/q+1. The van der Waals surface area contributed by atoms with E-state index < -0.39 is 5.72 Å². The Morgan fingerprint density at radius 3 is 2.50 bits per heavy atom. The molecule has 3 aromatic heterocycles. The molecule has 172 valence electrons. The third kappa shape index (κ3) is 3.48. The maximum Gasteiger partial charge on any atom is 0.353 e. The molecule has 5 rings (SSSR count). The fourth-order valence-corrected chi connectivity index (χ4v) is 5.78. The molecule has 0 saturated carbocycles. The van der Waals surface area contributed by atoms with Crippen LogP contribution in [-0.2, 0) is 12.8 Å². The Balaban J connectivity index is 1.81. The van der Waals surface area contributed by atoms with Crippen LogP contribution >= 0.6 is 23.1 Å². The Hall–Kier alpha value is -3.26. The summed E-state index contributed by atoms with van der Waals surface area (Å²) in [7, 11) is 3.46. The van der Waals surface area contributed by atoms with E-state index in [1.165, 1.54) is 11.5 Å². The van der Waals surface area contributed by atoms with Gasteiger partial charge in [0, 0.05) is 25.4 Å². The minimum Gasteiger partial charge on any atom is -0.480 e. The van der Waals surface area contributed by atoms with Crippen molar-refractivity contribution >= 4 is 34.0 Å². The predicted octanol–water partition coefficient (Wildman–Crippen LogP) is 5.00. The van der Waals surface area contributed by atoms with E-state index in [0.29, 0.717) is 33.2 Å². The SMILES string of the molecule is COc1nc2ccc(C(O)(c3cncn3C)[n+]3sc(C)cc3C)cc2c(Cl)c1-c1ccccc1. The van der Waals surface area contributed by atoms with Crippen LogP contribution in [0.25, 0.3) is 22.0 Å². The number of ether oxygens (including phenoxy) is 1. The molecule has 8 heteroatoms. The molecule has 6 nitrogen and oxygen atoms in total. The number of aryl methyl sites for hydroxylation is 3. The lowest BCUT2D eigenvalue weighted by Crippen LogP contribution is -2.57. The molecular weight excluding hydrogens is 468 g/mol. The lowest BCUT2D eigenvalue weighted by Gasteiger charge is -2.23. The molecule has 0 spiro atoms. The van der Waals surface area contributed by atoms with Crippen LogP contribution in [0.3, 0.4) is 0 Å². The van der Waals surface area contributed by atoms with Crippen molar-refractivity contribution in [2.75, 3.05) is 7.11 Å². The van der Waals surface area contributed by atoms with Crippen molar-refractivity contribution in [3.05, 3.63) is 94.0 Å². The molecule has 0 amide bonds. The van der Waals surface area contributed by atoms with Crippen LogP contribution in [0.15, 0.2) is 67.1 Å². The second kappa shape index (κ2) is 8.51. The number of hydrogen-bond donors (Lipinski definition) is 1. The molecular formula is C26H24ClN4O2S+. The summed E-state index contributed by atoms with van der Waals surface area (Å²) in [6.07, 6.45) is 3.37. The largest absolute Gasteiger partial charge is 0.480 e. The zero-order valence-corrected chi connectivity index (χ0v) is 20.9. The first-order valence-corrected chi connectivity index (χ1v) is 11.9. The van der Waals surface area contributed by atoms with Crippen molar-refractivity contribution in [3.8, 4) is 17.0 Å². The first-order valence-electron chi connectivity index (χ1n) is 10.8. The van der Waals surface area contributed by atoms with E-state index in [1.807, 2.05) is 77.9 Å². The van der Waals surface area contributed by atoms with Crippen LogP contribution in [0, 0.1) is 13.8 Å². The topological polar surface area (TPSA) is 64.0 Å².